The van der Waals surface area contributed by atoms with Crippen LogP contribution in [-0.4, -0.2) is 0 Å². The molecule has 10 rings (SSSR count). The van der Waals surface area contributed by atoms with Crippen LogP contribution in [0.1, 0.15) is 25.0 Å². The summed E-state index contributed by atoms with van der Waals surface area (Å²) in [6.07, 6.45) is 0. The van der Waals surface area contributed by atoms with Crippen LogP contribution < -0.4 is 4.90 Å². The zero-order chi connectivity index (χ0) is 33.4. The normalized spacial score (nSPS) is 13.2. The number of anilines is 3. The monoisotopic (exact) mass is 637 g/mol. The van der Waals surface area contributed by atoms with Crippen LogP contribution >= 0.6 is 0 Å². The highest BCUT2D eigenvalue weighted by molar-refractivity contribution is 6.21. The van der Waals surface area contributed by atoms with E-state index in [9.17, 15) is 0 Å². The van der Waals surface area contributed by atoms with Gasteiger partial charge in [0.1, 0.15) is 0 Å². The second-order valence-corrected chi connectivity index (χ2v) is 14.1. The molecular formula is C49H35N. The Morgan fingerprint density at radius 1 is 0.400 bits per heavy atom. The summed E-state index contributed by atoms with van der Waals surface area (Å²) in [6, 6.07) is 65.0. The van der Waals surface area contributed by atoms with Crippen molar-refractivity contribution in [3.8, 4) is 22.3 Å². The predicted octanol–water partition coefficient (Wildman–Crippen LogP) is 13.7. The molecular weight excluding hydrogens is 603 g/mol. The van der Waals surface area contributed by atoms with Gasteiger partial charge in [0, 0.05) is 22.1 Å². The highest BCUT2D eigenvalue weighted by Crippen LogP contribution is 2.55. The molecule has 9 aromatic rings. The summed E-state index contributed by atoms with van der Waals surface area (Å²) in [7, 11) is 0. The summed E-state index contributed by atoms with van der Waals surface area (Å²) >= 11 is 0. The molecule has 0 aromatic heterocycles. The molecule has 1 aliphatic rings. The van der Waals surface area contributed by atoms with Crippen LogP contribution in [0.3, 0.4) is 0 Å². The minimum Gasteiger partial charge on any atom is -0.309 e. The van der Waals surface area contributed by atoms with Gasteiger partial charge in [-0.15, -0.1) is 0 Å². The van der Waals surface area contributed by atoms with Crippen molar-refractivity contribution < 1.29 is 0 Å². The van der Waals surface area contributed by atoms with E-state index in [2.05, 4.69) is 195 Å². The molecule has 0 fully saturated rings. The summed E-state index contributed by atoms with van der Waals surface area (Å²) < 4.78 is 0. The van der Waals surface area contributed by atoms with Gasteiger partial charge < -0.3 is 4.90 Å². The van der Waals surface area contributed by atoms with E-state index in [-0.39, 0.29) is 5.41 Å². The van der Waals surface area contributed by atoms with Crippen molar-refractivity contribution in [2.45, 2.75) is 19.3 Å². The molecule has 0 spiro atoms. The minimum absolute atomic E-state index is 0.0993. The third-order valence-electron chi connectivity index (χ3n) is 11.0. The molecule has 0 amide bonds. The lowest BCUT2D eigenvalue weighted by atomic mass is 9.82. The Labute approximate surface area is 292 Å². The van der Waals surface area contributed by atoms with Gasteiger partial charge in [0.25, 0.3) is 0 Å². The van der Waals surface area contributed by atoms with Crippen molar-refractivity contribution in [1.82, 2.24) is 0 Å². The number of fused-ring (bicyclic) bond motifs is 9. The third kappa shape index (κ3) is 4.27. The van der Waals surface area contributed by atoms with E-state index in [1.54, 1.807) is 0 Å². The van der Waals surface area contributed by atoms with Crippen LogP contribution in [0.25, 0.3) is 65.3 Å². The second kappa shape index (κ2) is 10.9. The van der Waals surface area contributed by atoms with E-state index < -0.39 is 0 Å². The predicted molar refractivity (Wildman–Crippen MR) is 214 cm³/mol. The van der Waals surface area contributed by atoms with E-state index in [1.165, 1.54) is 87.8 Å². The topological polar surface area (TPSA) is 3.24 Å². The van der Waals surface area contributed by atoms with Crippen LogP contribution in [0.2, 0.25) is 0 Å². The van der Waals surface area contributed by atoms with E-state index in [0.29, 0.717) is 0 Å². The fraction of sp³-hybridized carbons (Fsp3) is 0.0612. The van der Waals surface area contributed by atoms with Crippen LogP contribution in [-0.2, 0) is 5.41 Å². The average Bonchev–Trinajstić information content (AvgIpc) is 3.41. The van der Waals surface area contributed by atoms with Crippen molar-refractivity contribution in [2.75, 3.05) is 4.90 Å². The first kappa shape index (κ1) is 28.8. The third-order valence-corrected chi connectivity index (χ3v) is 11.0. The zero-order valence-corrected chi connectivity index (χ0v) is 28.2. The first-order valence-corrected chi connectivity index (χ1v) is 17.5. The smallest absolute Gasteiger partial charge is 0.0546 e. The Morgan fingerprint density at radius 3 is 1.90 bits per heavy atom. The number of nitrogens with zero attached hydrogens (tertiary/aromatic N) is 1. The Kier molecular flexibility index (Phi) is 6.29. The van der Waals surface area contributed by atoms with Crippen LogP contribution in [0.4, 0.5) is 17.1 Å². The van der Waals surface area contributed by atoms with Gasteiger partial charge in [-0.3, -0.25) is 0 Å². The van der Waals surface area contributed by atoms with Crippen molar-refractivity contribution >= 4 is 60.2 Å². The quantitative estimate of drug-likeness (QED) is 0.174. The summed E-state index contributed by atoms with van der Waals surface area (Å²) in [4.78, 5) is 2.51. The summed E-state index contributed by atoms with van der Waals surface area (Å²) in [6.45, 7) is 4.72. The Balaban J connectivity index is 1.24. The van der Waals surface area contributed by atoms with Crippen LogP contribution in [0.15, 0.2) is 176 Å². The molecule has 50 heavy (non-hydrogen) atoms. The minimum atomic E-state index is -0.0993. The summed E-state index contributed by atoms with van der Waals surface area (Å²) in [5.74, 6) is 0. The van der Waals surface area contributed by atoms with Crippen molar-refractivity contribution in [2.24, 2.45) is 0 Å². The molecule has 0 aliphatic heterocycles. The molecule has 0 unspecified atom stereocenters. The molecule has 1 heteroatoms. The van der Waals surface area contributed by atoms with Crippen molar-refractivity contribution in [1.29, 1.82) is 0 Å². The number of hydrogen-bond donors (Lipinski definition) is 0. The molecule has 0 bridgehead atoms. The lowest BCUT2D eigenvalue weighted by Gasteiger charge is -2.30. The van der Waals surface area contributed by atoms with Gasteiger partial charge in [-0.05, 0) is 95.9 Å². The molecule has 0 saturated heterocycles. The second-order valence-electron chi connectivity index (χ2n) is 14.1. The highest BCUT2D eigenvalue weighted by atomic mass is 15.1. The molecule has 0 N–H and O–H groups in total. The molecule has 0 radical (unpaired) electrons. The number of hydrogen-bond acceptors (Lipinski definition) is 1. The fourth-order valence-electron chi connectivity index (χ4n) is 8.54. The Morgan fingerprint density at radius 2 is 1.02 bits per heavy atom. The molecule has 9 aromatic carbocycles. The molecule has 236 valence electrons. The molecule has 1 aliphatic carbocycles. The lowest BCUT2D eigenvalue weighted by Crippen LogP contribution is -2.16. The first-order chi connectivity index (χ1) is 24.6. The standard InChI is InChI=1S/C49H35N/c1-49(2)43-17-8-7-16-42(43)48-44(49)18-10-20-46(48)50(38-27-23-33(24-28-38)37-22-21-32-11-3-4-13-36(32)31-37)45-19-9-14-35-26-29-40-39-15-6-5-12-34(39)25-30-41(40)47(35)45/h3-31H,1-2H3. The van der Waals surface area contributed by atoms with Gasteiger partial charge in [0.05, 0.1) is 11.4 Å². The zero-order valence-electron chi connectivity index (χ0n) is 28.2. The largest absolute Gasteiger partial charge is 0.309 e. The molecule has 0 saturated carbocycles. The Hall–Kier alpha value is -6.18. The maximum absolute atomic E-state index is 2.51. The lowest BCUT2D eigenvalue weighted by molar-refractivity contribution is 0.660. The number of rotatable bonds is 4. The highest BCUT2D eigenvalue weighted by Gasteiger charge is 2.37. The fourth-order valence-corrected chi connectivity index (χ4v) is 8.54. The molecule has 0 heterocycles. The van der Waals surface area contributed by atoms with Crippen LogP contribution in [0.5, 0.6) is 0 Å². The van der Waals surface area contributed by atoms with E-state index in [0.717, 1.165) is 5.69 Å². The van der Waals surface area contributed by atoms with Gasteiger partial charge in [-0.25, -0.2) is 0 Å². The Bertz CT molecular complexity index is 2790. The van der Waals surface area contributed by atoms with Crippen LogP contribution in [0, 0.1) is 0 Å². The van der Waals surface area contributed by atoms with E-state index in [4.69, 9.17) is 0 Å². The summed E-state index contributed by atoms with van der Waals surface area (Å²) in [5.41, 5.74) is 11.2. The van der Waals surface area contributed by atoms with E-state index in [1.807, 2.05) is 0 Å². The summed E-state index contributed by atoms with van der Waals surface area (Å²) in [5, 5.41) is 10.1. The van der Waals surface area contributed by atoms with Crippen molar-refractivity contribution in [3.63, 3.8) is 0 Å². The maximum Gasteiger partial charge on any atom is 0.0546 e. The maximum atomic E-state index is 2.51. The molecule has 1 nitrogen and oxygen atoms in total. The average molecular weight is 638 g/mol. The van der Waals surface area contributed by atoms with Crippen molar-refractivity contribution in [3.05, 3.63) is 187 Å². The van der Waals surface area contributed by atoms with Gasteiger partial charge >= 0.3 is 0 Å². The van der Waals surface area contributed by atoms with Gasteiger partial charge in [-0.2, -0.15) is 0 Å². The van der Waals surface area contributed by atoms with Gasteiger partial charge in [0.2, 0.25) is 0 Å². The SMILES string of the molecule is CC1(C)c2ccccc2-c2c(N(c3ccc(-c4ccc5ccccc5c4)cc3)c3cccc4ccc5c6ccccc6ccc5c34)cccc21. The number of benzene rings is 9. The van der Waals surface area contributed by atoms with Gasteiger partial charge in [-0.1, -0.05) is 159 Å². The first-order valence-electron chi connectivity index (χ1n) is 17.5. The van der Waals surface area contributed by atoms with E-state index >= 15 is 0 Å². The molecule has 0 atom stereocenters. The van der Waals surface area contributed by atoms with Gasteiger partial charge in [0.15, 0.2) is 0 Å².